The Morgan fingerprint density at radius 1 is 1.16 bits per heavy atom. The normalized spacial score (nSPS) is 11.8. The molecule has 0 atom stereocenters. The minimum absolute atomic E-state index is 0.00634. The summed E-state index contributed by atoms with van der Waals surface area (Å²) in [4.78, 5) is 16.3. The first kappa shape index (κ1) is 25.1. The van der Waals surface area contributed by atoms with Gasteiger partial charge in [0.25, 0.3) is 11.8 Å². The van der Waals surface area contributed by atoms with Crippen LogP contribution in [0, 0.1) is 0 Å². The molecule has 4 heterocycles. The largest absolute Gasteiger partial charge is 0.470 e. The highest BCUT2D eigenvalue weighted by atomic mass is 19.3. The van der Waals surface area contributed by atoms with Crippen molar-refractivity contribution in [3.8, 4) is 17.4 Å². The number of pyridine rings is 1. The zero-order chi connectivity index (χ0) is 26.7. The second-order valence-corrected chi connectivity index (χ2v) is 8.24. The molecule has 14 heteroatoms. The highest BCUT2D eigenvalue weighted by Gasteiger charge is 2.28. The molecule has 12 nitrogen and oxygen atoms in total. The van der Waals surface area contributed by atoms with Gasteiger partial charge in [0.2, 0.25) is 11.7 Å². The van der Waals surface area contributed by atoms with Crippen molar-refractivity contribution < 1.29 is 32.7 Å². The van der Waals surface area contributed by atoms with Crippen molar-refractivity contribution in [3.63, 3.8) is 0 Å². The quantitative estimate of drug-likeness (QED) is 0.278. The number of methoxy groups -OCH3 is 1. The third kappa shape index (κ3) is 5.12. The van der Waals surface area contributed by atoms with Gasteiger partial charge in [0, 0.05) is 30.1 Å². The second kappa shape index (κ2) is 10.4. The van der Waals surface area contributed by atoms with Crippen molar-refractivity contribution in [3.05, 3.63) is 65.7 Å². The average molecular weight is 525 g/mol. The summed E-state index contributed by atoms with van der Waals surface area (Å²) in [6.07, 6.45) is 1.25. The lowest BCUT2D eigenvalue weighted by atomic mass is 10.2. The van der Waals surface area contributed by atoms with E-state index in [9.17, 15) is 13.6 Å². The summed E-state index contributed by atoms with van der Waals surface area (Å²) < 4.78 is 44.2. The Labute approximate surface area is 213 Å². The number of rotatable bonds is 10. The maximum atomic E-state index is 13.2. The Hall–Kier alpha value is -4.56. The molecule has 0 radical (unpaired) electrons. The number of nitrogens with zero attached hydrogens (tertiary/aromatic N) is 6. The summed E-state index contributed by atoms with van der Waals surface area (Å²) in [5.41, 5.74) is 1.48. The van der Waals surface area contributed by atoms with Gasteiger partial charge in [0.15, 0.2) is 17.1 Å². The van der Waals surface area contributed by atoms with Gasteiger partial charge >= 0.3 is 0 Å². The predicted octanol–water partition coefficient (Wildman–Crippen LogP) is 2.41. The number of carbonyl (C=O) groups is 1. The molecule has 2 N–H and O–H groups in total. The van der Waals surface area contributed by atoms with Crippen molar-refractivity contribution >= 4 is 22.3 Å². The molecule has 0 bridgehead atoms. The van der Waals surface area contributed by atoms with Gasteiger partial charge in [-0.1, -0.05) is 23.4 Å². The third-order valence-corrected chi connectivity index (χ3v) is 5.49. The first-order chi connectivity index (χ1) is 18.4. The lowest BCUT2D eigenvalue weighted by Crippen LogP contribution is -2.39. The molecule has 0 saturated carbocycles. The number of hydrogen-bond acceptors (Lipinski definition) is 10. The molecule has 0 saturated heterocycles. The first-order valence-corrected chi connectivity index (χ1v) is 11.3. The van der Waals surface area contributed by atoms with E-state index in [4.69, 9.17) is 19.1 Å². The maximum Gasteiger partial charge on any atom is 0.287 e. The fourth-order valence-electron chi connectivity index (χ4n) is 3.60. The Kier molecular flexibility index (Phi) is 6.89. The van der Waals surface area contributed by atoms with Crippen molar-refractivity contribution in [1.82, 2.24) is 35.3 Å². The number of aliphatic hydroxyl groups is 1. The maximum absolute atomic E-state index is 13.2. The van der Waals surface area contributed by atoms with E-state index in [0.717, 1.165) is 5.39 Å². The number of halogens is 2. The fourth-order valence-corrected chi connectivity index (χ4v) is 3.60. The van der Waals surface area contributed by atoms with E-state index in [0.29, 0.717) is 34.0 Å². The van der Waals surface area contributed by atoms with Crippen LogP contribution < -0.4 is 10.1 Å². The molecule has 0 spiro atoms. The zero-order valence-corrected chi connectivity index (χ0v) is 20.0. The van der Waals surface area contributed by atoms with Gasteiger partial charge in [0.05, 0.1) is 17.8 Å². The lowest BCUT2D eigenvalue weighted by Gasteiger charge is -2.14. The number of aromatic nitrogens is 6. The monoisotopic (exact) mass is 525 g/mol. The van der Waals surface area contributed by atoms with E-state index in [1.807, 2.05) is 24.3 Å². The SMILES string of the molecule is COCc1cc(-c2nnc3c4ccccc4c(OCc4ccc(C(=O)NCC(F)(F)CO)cn4)nn23)no1. The van der Waals surface area contributed by atoms with E-state index in [1.165, 1.54) is 22.8 Å². The Balaban J connectivity index is 1.38. The molecule has 1 aromatic carbocycles. The van der Waals surface area contributed by atoms with Gasteiger partial charge in [-0.25, -0.2) is 8.78 Å². The Morgan fingerprint density at radius 2 is 1.97 bits per heavy atom. The van der Waals surface area contributed by atoms with Crippen LogP contribution in [0.1, 0.15) is 21.8 Å². The zero-order valence-electron chi connectivity index (χ0n) is 20.0. The van der Waals surface area contributed by atoms with Crippen molar-refractivity contribution in [1.29, 1.82) is 0 Å². The van der Waals surface area contributed by atoms with Crippen LogP contribution in [-0.4, -0.2) is 67.1 Å². The predicted molar refractivity (Wildman–Crippen MR) is 127 cm³/mol. The summed E-state index contributed by atoms with van der Waals surface area (Å²) in [6, 6.07) is 12.1. The number of fused-ring (bicyclic) bond motifs is 3. The summed E-state index contributed by atoms with van der Waals surface area (Å²) in [5, 5.41) is 29.2. The molecule has 0 fully saturated rings. The van der Waals surface area contributed by atoms with Gasteiger partial charge in [-0.05, 0) is 18.2 Å². The number of nitrogens with one attached hydrogen (secondary N) is 1. The minimum atomic E-state index is -3.40. The average Bonchev–Trinajstić information content (AvgIpc) is 3.58. The van der Waals surface area contributed by atoms with Gasteiger partial charge in [-0.15, -0.1) is 15.3 Å². The van der Waals surface area contributed by atoms with Crippen LogP contribution in [0.15, 0.2) is 53.2 Å². The molecule has 196 valence electrons. The summed E-state index contributed by atoms with van der Waals surface area (Å²) in [5.74, 6) is -3.00. The number of aliphatic hydroxyl groups excluding tert-OH is 1. The van der Waals surface area contributed by atoms with Crippen LogP contribution in [0.4, 0.5) is 8.78 Å². The van der Waals surface area contributed by atoms with Crippen molar-refractivity contribution in [2.45, 2.75) is 19.1 Å². The molecular weight excluding hydrogens is 504 g/mol. The standard InChI is InChI=1S/C24H21F2N7O5/c1-36-11-16-8-19(32-38-16)21-30-29-20-17-4-2-3-5-18(17)23(31-33(20)21)37-10-15-7-6-14(9-27-15)22(35)28-12-24(25,26)13-34/h2-9,34H,10-13H2,1H3,(H,28,35). The Morgan fingerprint density at radius 3 is 2.71 bits per heavy atom. The van der Waals surface area contributed by atoms with Gasteiger partial charge in [-0.3, -0.25) is 9.78 Å². The van der Waals surface area contributed by atoms with Gasteiger partial charge in [-0.2, -0.15) is 4.52 Å². The van der Waals surface area contributed by atoms with E-state index in [1.54, 1.807) is 13.2 Å². The number of amides is 1. The highest BCUT2D eigenvalue weighted by Crippen LogP contribution is 2.29. The third-order valence-electron chi connectivity index (χ3n) is 5.49. The molecule has 0 aliphatic heterocycles. The molecule has 38 heavy (non-hydrogen) atoms. The van der Waals surface area contributed by atoms with Crippen molar-refractivity contribution in [2.75, 3.05) is 20.3 Å². The number of carbonyl (C=O) groups excluding carboxylic acids is 1. The number of alkyl halides is 2. The first-order valence-electron chi connectivity index (χ1n) is 11.3. The van der Waals surface area contributed by atoms with E-state index in [-0.39, 0.29) is 24.7 Å². The Bertz CT molecular complexity index is 1590. The molecule has 4 aromatic heterocycles. The second-order valence-electron chi connectivity index (χ2n) is 8.24. The summed E-state index contributed by atoms with van der Waals surface area (Å²) in [7, 11) is 1.55. The number of benzene rings is 1. The van der Waals surface area contributed by atoms with Crippen LogP contribution in [0.2, 0.25) is 0 Å². The van der Waals surface area contributed by atoms with Gasteiger partial charge in [0.1, 0.15) is 19.8 Å². The number of ether oxygens (including phenoxy) is 2. The van der Waals surface area contributed by atoms with Crippen LogP contribution in [0.3, 0.4) is 0 Å². The highest BCUT2D eigenvalue weighted by molar-refractivity contribution is 5.97. The molecular formula is C24H21F2N7O5. The van der Waals surface area contributed by atoms with E-state index < -0.39 is 25.0 Å². The van der Waals surface area contributed by atoms with E-state index in [2.05, 4.69) is 30.8 Å². The topological polar surface area (TPSA) is 150 Å². The molecule has 1 amide bonds. The molecule has 0 aliphatic rings. The van der Waals surface area contributed by atoms with Crippen molar-refractivity contribution in [2.24, 2.45) is 0 Å². The minimum Gasteiger partial charge on any atom is -0.470 e. The van der Waals surface area contributed by atoms with Crippen LogP contribution in [0.25, 0.3) is 27.9 Å². The molecule has 5 rings (SSSR count). The smallest absolute Gasteiger partial charge is 0.287 e. The summed E-state index contributed by atoms with van der Waals surface area (Å²) in [6.45, 7) is -2.09. The molecule has 5 aromatic rings. The lowest BCUT2D eigenvalue weighted by molar-refractivity contribution is -0.0462. The summed E-state index contributed by atoms with van der Waals surface area (Å²) >= 11 is 0. The number of hydrogen-bond donors (Lipinski definition) is 2. The van der Waals surface area contributed by atoms with Crippen LogP contribution >= 0.6 is 0 Å². The van der Waals surface area contributed by atoms with E-state index >= 15 is 0 Å². The fraction of sp³-hybridized carbons (Fsp3) is 0.250. The van der Waals surface area contributed by atoms with Crippen LogP contribution in [-0.2, 0) is 18.0 Å². The van der Waals surface area contributed by atoms with Gasteiger partial charge < -0.3 is 24.4 Å². The molecule has 0 aliphatic carbocycles. The van der Waals surface area contributed by atoms with Crippen LogP contribution in [0.5, 0.6) is 5.88 Å². The molecule has 0 unspecified atom stereocenters.